The van der Waals surface area contributed by atoms with E-state index in [1.54, 1.807) is 36.4 Å². The van der Waals surface area contributed by atoms with Crippen LogP contribution in [-0.2, 0) is 0 Å². The third-order valence-electron chi connectivity index (χ3n) is 2.70. The van der Waals surface area contributed by atoms with Gasteiger partial charge in [0.25, 0.3) is 5.91 Å². The van der Waals surface area contributed by atoms with Crippen LogP contribution in [0.3, 0.4) is 0 Å². The predicted octanol–water partition coefficient (Wildman–Crippen LogP) is 4.18. The second-order valence-corrected chi connectivity index (χ2v) is 5.53. The molecule has 0 bridgehead atoms. The number of nitrogens with one attached hydrogen (secondary N) is 2. The first-order valence-electron chi connectivity index (χ1n) is 6.38. The van der Waals surface area contributed by atoms with E-state index in [4.69, 9.17) is 12.2 Å². The Morgan fingerprint density at radius 1 is 1.13 bits per heavy atom. The molecule has 0 heterocycles. The largest absolute Gasteiger partial charge is 0.433 e. The number of hydrogen-bond acceptors (Lipinski definition) is 3. The van der Waals surface area contributed by atoms with Gasteiger partial charge in [-0.25, -0.2) is 0 Å². The lowest BCUT2D eigenvalue weighted by Gasteiger charge is -2.14. The Labute approximate surface area is 145 Å². The van der Waals surface area contributed by atoms with Gasteiger partial charge in [0.15, 0.2) is 5.11 Å². The predicted molar refractivity (Wildman–Crippen MR) is 90.9 cm³/mol. The monoisotopic (exact) mass is 400 g/mol. The third-order valence-corrected chi connectivity index (χ3v) is 3.59. The number of ether oxygens (including phenoxy) is 1. The number of hydrogen-bond donors (Lipinski definition) is 2. The number of rotatable bonds is 4. The van der Waals surface area contributed by atoms with Gasteiger partial charge in [-0.1, -0.05) is 24.3 Å². The Morgan fingerprint density at radius 2 is 1.78 bits per heavy atom. The normalized spacial score (nSPS) is 10.3. The summed E-state index contributed by atoms with van der Waals surface area (Å²) in [5.74, 6) is -0.498. The van der Waals surface area contributed by atoms with Crippen LogP contribution in [0, 0.1) is 0 Å². The van der Waals surface area contributed by atoms with Gasteiger partial charge < -0.3 is 10.1 Å². The van der Waals surface area contributed by atoms with Crippen molar-refractivity contribution < 1.29 is 18.3 Å². The topological polar surface area (TPSA) is 50.4 Å². The van der Waals surface area contributed by atoms with Crippen LogP contribution in [0.5, 0.6) is 5.75 Å². The van der Waals surface area contributed by atoms with Gasteiger partial charge in [-0.15, -0.1) is 0 Å². The fraction of sp³-hybridized carbons (Fsp3) is 0.0667. The average Bonchev–Trinajstić information content (AvgIpc) is 2.49. The molecule has 0 atom stereocenters. The number of anilines is 1. The van der Waals surface area contributed by atoms with E-state index in [9.17, 15) is 13.6 Å². The van der Waals surface area contributed by atoms with Crippen LogP contribution in [-0.4, -0.2) is 17.6 Å². The number of benzene rings is 2. The summed E-state index contributed by atoms with van der Waals surface area (Å²) in [6, 6.07) is 12.9. The van der Waals surface area contributed by atoms with Crippen molar-refractivity contribution in [3.8, 4) is 5.75 Å². The Balaban J connectivity index is 2.06. The highest BCUT2D eigenvalue weighted by Gasteiger charge is 2.13. The van der Waals surface area contributed by atoms with Gasteiger partial charge in [-0.2, -0.15) is 8.78 Å². The van der Waals surface area contributed by atoms with E-state index < -0.39 is 12.5 Å². The maximum atomic E-state index is 12.4. The lowest BCUT2D eigenvalue weighted by molar-refractivity contribution is -0.0493. The minimum Gasteiger partial charge on any atom is -0.433 e. The zero-order valence-electron chi connectivity index (χ0n) is 11.6. The molecule has 0 aliphatic heterocycles. The fourth-order valence-electron chi connectivity index (χ4n) is 1.74. The Bertz CT molecular complexity index is 728. The molecule has 0 unspecified atom stereocenters. The summed E-state index contributed by atoms with van der Waals surface area (Å²) in [6.07, 6.45) is 0. The van der Waals surface area contributed by atoms with Crippen molar-refractivity contribution in [3.63, 3.8) is 0 Å². The van der Waals surface area contributed by atoms with Gasteiger partial charge in [0.1, 0.15) is 5.75 Å². The first-order chi connectivity index (χ1) is 11.0. The van der Waals surface area contributed by atoms with E-state index >= 15 is 0 Å². The molecule has 0 saturated carbocycles. The minimum absolute atomic E-state index is 0.0314. The molecular weight excluding hydrogens is 390 g/mol. The first-order valence-corrected chi connectivity index (χ1v) is 7.58. The summed E-state index contributed by atoms with van der Waals surface area (Å²) in [5.41, 5.74) is 0.624. The minimum atomic E-state index is -2.96. The second kappa shape index (κ2) is 7.98. The Kier molecular flexibility index (Phi) is 6.00. The van der Waals surface area contributed by atoms with Crippen molar-refractivity contribution in [1.82, 2.24) is 5.32 Å². The van der Waals surface area contributed by atoms with Crippen molar-refractivity contribution in [1.29, 1.82) is 0 Å². The summed E-state index contributed by atoms with van der Waals surface area (Å²) in [5, 5.41) is 5.10. The fourth-order valence-corrected chi connectivity index (χ4v) is 2.41. The van der Waals surface area contributed by atoms with Crippen LogP contribution in [0.1, 0.15) is 10.4 Å². The number of halogens is 3. The molecule has 8 heteroatoms. The van der Waals surface area contributed by atoms with Crippen LogP contribution in [0.2, 0.25) is 0 Å². The average molecular weight is 401 g/mol. The number of amides is 1. The van der Waals surface area contributed by atoms with Crippen LogP contribution in [0.25, 0.3) is 0 Å². The molecule has 2 N–H and O–H groups in total. The zero-order chi connectivity index (χ0) is 16.8. The molecule has 0 aliphatic rings. The standard InChI is InChI=1S/C15H11BrF2N2O2S/c16-10-6-2-1-5-9(10)13(21)20-15(23)19-11-7-3-4-8-12(11)22-14(17)18/h1-8,14H,(H2,19,20,21,23). The van der Waals surface area contributed by atoms with Gasteiger partial charge in [0.2, 0.25) is 0 Å². The molecule has 0 spiro atoms. The highest BCUT2D eigenvalue weighted by Crippen LogP contribution is 2.25. The molecule has 2 rings (SSSR count). The SMILES string of the molecule is O=C(NC(=S)Nc1ccccc1OC(F)F)c1ccccc1Br. The number of carbonyl (C=O) groups is 1. The molecule has 0 aromatic heterocycles. The van der Waals surface area contributed by atoms with Gasteiger partial charge in [0, 0.05) is 4.47 Å². The zero-order valence-corrected chi connectivity index (χ0v) is 14.0. The van der Waals surface area contributed by atoms with Gasteiger partial charge in [0.05, 0.1) is 11.3 Å². The Morgan fingerprint density at radius 3 is 2.48 bits per heavy atom. The molecule has 0 aliphatic carbocycles. The van der Waals surface area contributed by atoms with Gasteiger partial charge >= 0.3 is 6.61 Å². The van der Waals surface area contributed by atoms with Crippen molar-refractivity contribution in [2.75, 3.05) is 5.32 Å². The third kappa shape index (κ3) is 4.97. The smallest absolute Gasteiger partial charge is 0.387 e. The molecule has 0 saturated heterocycles. The highest BCUT2D eigenvalue weighted by atomic mass is 79.9. The van der Waals surface area contributed by atoms with E-state index in [-0.39, 0.29) is 16.5 Å². The molecule has 120 valence electrons. The van der Waals surface area contributed by atoms with Crippen molar-refractivity contribution in [2.45, 2.75) is 6.61 Å². The van der Waals surface area contributed by atoms with E-state index in [0.29, 0.717) is 10.0 Å². The van der Waals surface area contributed by atoms with Crippen molar-refractivity contribution in [2.24, 2.45) is 0 Å². The number of thiocarbonyl (C=S) groups is 1. The molecule has 4 nitrogen and oxygen atoms in total. The quantitative estimate of drug-likeness (QED) is 0.755. The lowest BCUT2D eigenvalue weighted by Crippen LogP contribution is -2.34. The molecule has 0 fully saturated rings. The van der Waals surface area contributed by atoms with Crippen LogP contribution in [0.15, 0.2) is 53.0 Å². The summed E-state index contributed by atoms with van der Waals surface area (Å²) in [4.78, 5) is 12.1. The lowest BCUT2D eigenvalue weighted by atomic mass is 10.2. The number of carbonyl (C=O) groups excluding carboxylic acids is 1. The number of para-hydroxylation sites is 2. The summed E-state index contributed by atoms with van der Waals surface area (Å²) in [6.45, 7) is -2.96. The summed E-state index contributed by atoms with van der Waals surface area (Å²) >= 11 is 8.29. The maximum absolute atomic E-state index is 12.4. The highest BCUT2D eigenvalue weighted by molar-refractivity contribution is 9.10. The maximum Gasteiger partial charge on any atom is 0.387 e. The van der Waals surface area contributed by atoms with Crippen LogP contribution < -0.4 is 15.4 Å². The van der Waals surface area contributed by atoms with Crippen LogP contribution >= 0.6 is 28.1 Å². The molecular formula is C15H11BrF2N2O2S. The van der Waals surface area contributed by atoms with E-state index in [0.717, 1.165) is 0 Å². The van der Waals surface area contributed by atoms with Gasteiger partial charge in [-0.3, -0.25) is 10.1 Å². The van der Waals surface area contributed by atoms with Crippen LogP contribution in [0.4, 0.5) is 14.5 Å². The first kappa shape index (κ1) is 17.3. The van der Waals surface area contributed by atoms with Gasteiger partial charge in [-0.05, 0) is 52.4 Å². The van der Waals surface area contributed by atoms with E-state index in [2.05, 4.69) is 31.3 Å². The molecule has 23 heavy (non-hydrogen) atoms. The second-order valence-electron chi connectivity index (χ2n) is 4.26. The van der Waals surface area contributed by atoms with Crippen molar-refractivity contribution in [3.05, 3.63) is 58.6 Å². The summed E-state index contributed by atoms with van der Waals surface area (Å²) in [7, 11) is 0. The van der Waals surface area contributed by atoms with Crippen molar-refractivity contribution >= 4 is 44.9 Å². The molecule has 2 aromatic carbocycles. The summed E-state index contributed by atoms with van der Waals surface area (Å²) < 4.78 is 29.7. The molecule has 1 amide bonds. The number of alkyl halides is 2. The molecule has 0 radical (unpaired) electrons. The Hall–Kier alpha value is -2.06. The van der Waals surface area contributed by atoms with E-state index in [1.165, 1.54) is 12.1 Å². The molecule has 2 aromatic rings. The van der Waals surface area contributed by atoms with E-state index in [1.807, 2.05) is 0 Å².